The van der Waals surface area contributed by atoms with Crippen LogP contribution in [-0.2, 0) is 11.2 Å². The lowest BCUT2D eigenvalue weighted by Crippen LogP contribution is -2.16. The van der Waals surface area contributed by atoms with Gasteiger partial charge in [0.1, 0.15) is 6.10 Å². The second kappa shape index (κ2) is 8.64. The fourth-order valence-electron chi connectivity index (χ4n) is 2.54. The molecule has 5 nitrogen and oxygen atoms in total. The van der Waals surface area contributed by atoms with E-state index in [2.05, 4.69) is 17.1 Å². The van der Waals surface area contributed by atoms with Crippen LogP contribution >= 0.6 is 11.8 Å². The number of hydrogen-bond acceptors (Lipinski definition) is 6. The van der Waals surface area contributed by atoms with Gasteiger partial charge in [0.2, 0.25) is 11.7 Å². The summed E-state index contributed by atoms with van der Waals surface area (Å²) in [6, 6.07) is 0. The Balaban J connectivity index is 1.82. The van der Waals surface area contributed by atoms with Gasteiger partial charge in [-0.1, -0.05) is 24.9 Å². The van der Waals surface area contributed by atoms with Crippen LogP contribution in [0.1, 0.15) is 50.4 Å². The molecule has 1 aliphatic heterocycles. The summed E-state index contributed by atoms with van der Waals surface area (Å²) in [6.07, 6.45) is 5.43. The first-order chi connectivity index (χ1) is 9.83. The van der Waals surface area contributed by atoms with Crippen LogP contribution in [0.4, 0.5) is 0 Å². The summed E-state index contributed by atoms with van der Waals surface area (Å²) < 4.78 is 11.0. The molecule has 1 aromatic heterocycles. The number of aryl methyl sites for hydroxylation is 1. The van der Waals surface area contributed by atoms with Crippen LogP contribution in [0.2, 0.25) is 0 Å². The lowest BCUT2D eigenvalue weighted by Gasteiger charge is -2.18. The van der Waals surface area contributed by atoms with Gasteiger partial charge in [0.05, 0.1) is 6.61 Å². The summed E-state index contributed by atoms with van der Waals surface area (Å²) in [5.74, 6) is 4.08. The van der Waals surface area contributed by atoms with Crippen LogP contribution in [0.5, 0.6) is 0 Å². The van der Waals surface area contributed by atoms with Crippen molar-refractivity contribution in [1.29, 1.82) is 0 Å². The molecule has 0 radical (unpaired) electrons. The SMILES string of the molecule is CCCC(CCN)CCc1nc(C2CSCCO2)no1. The van der Waals surface area contributed by atoms with E-state index < -0.39 is 0 Å². The Labute approximate surface area is 125 Å². The van der Waals surface area contributed by atoms with Crippen LogP contribution in [0.3, 0.4) is 0 Å². The molecule has 0 saturated carbocycles. The van der Waals surface area contributed by atoms with Crippen LogP contribution in [0.15, 0.2) is 4.52 Å². The number of ether oxygens (including phenoxy) is 1. The Kier molecular flexibility index (Phi) is 6.82. The van der Waals surface area contributed by atoms with Gasteiger partial charge in [-0.3, -0.25) is 0 Å². The number of nitrogens with zero attached hydrogens (tertiary/aromatic N) is 2. The molecule has 1 aliphatic rings. The molecule has 114 valence electrons. The van der Waals surface area contributed by atoms with Gasteiger partial charge in [-0.15, -0.1) is 0 Å². The minimum Gasteiger partial charge on any atom is -0.368 e. The first-order valence-corrected chi connectivity index (χ1v) is 8.70. The molecular weight excluding hydrogens is 274 g/mol. The van der Waals surface area contributed by atoms with Crippen molar-refractivity contribution in [1.82, 2.24) is 10.1 Å². The number of rotatable bonds is 8. The summed E-state index contributed by atoms with van der Waals surface area (Å²) >= 11 is 1.88. The quantitative estimate of drug-likeness (QED) is 0.795. The zero-order chi connectivity index (χ0) is 14.2. The normalized spacial score (nSPS) is 21.0. The molecule has 0 amide bonds. The van der Waals surface area contributed by atoms with Crippen molar-refractivity contribution >= 4 is 11.8 Å². The Morgan fingerprint density at radius 2 is 2.30 bits per heavy atom. The Bertz CT molecular complexity index is 374. The monoisotopic (exact) mass is 299 g/mol. The van der Waals surface area contributed by atoms with Gasteiger partial charge in [-0.25, -0.2) is 0 Å². The molecule has 2 rings (SSSR count). The van der Waals surface area contributed by atoms with Crippen molar-refractivity contribution in [2.75, 3.05) is 24.7 Å². The third kappa shape index (κ3) is 4.75. The van der Waals surface area contributed by atoms with E-state index in [1.54, 1.807) is 0 Å². The number of nitrogens with two attached hydrogens (primary N) is 1. The van der Waals surface area contributed by atoms with Crippen molar-refractivity contribution < 1.29 is 9.26 Å². The van der Waals surface area contributed by atoms with E-state index >= 15 is 0 Å². The highest BCUT2D eigenvalue weighted by molar-refractivity contribution is 7.99. The zero-order valence-electron chi connectivity index (χ0n) is 12.2. The molecule has 0 spiro atoms. The van der Waals surface area contributed by atoms with Gasteiger partial charge in [0.25, 0.3) is 0 Å². The maximum Gasteiger partial charge on any atom is 0.226 e. The van der Waals surface area contributed by atoms with Crippen molar-refractivity contribution in [3.8, 4) is 0 Å². The van der Waals surface area contributed by atoms with E-state index in [9.17, 15) is 0 Å². The number of thioether (sulfide) groups is 1. The van der Waals surface area contributed by atoms with E-state index in [1.165, 1.54) is 12.8 Å². The predicted octanol–water partition coefficient (Wildman–Crippen LogP) is 2.57. The van der Waals surface area contributed by atoms with Crippen molar-refractivity contribution in [2.24, 2.45) is 11.7 Å². The van der Waals surface area contributed by atoms with Gasteiger partial charge in [0, 0.05) is 17.9 Å². The molecule has 0 bridgehead atoms. The third-order valence-corrected chi connectivity index (χ3v) is 4.62. The highest BCUT2D eigenvalue weighted by Crippen LogP contribution is 2.25. The summed E-state index contributed by atoms with van der Waals surface area (Å²) in [7, 11) is 0. The molecule has 1 aromatic rings. The topological polar surface area (TPSA) is 74.2 Å². The number of aromatic nitrogens is 2. The Morgan fingerprint density at radius 3 is 3.00 bits per heavy atom. The Hall–Kier alpha value is -0.590. The summed E-state index contributed by atoms with van der Waals surface area (Å²) in [6.45, 7) is 3.74. The molecular formula is C14H25N3O2S. The van der Waals surface area contributed by atoms with Crippen LogP contribution in [0, 0.1) is 5.92 Å². The van der Waals surface area contributed by atoms with Crippen molar-refractivity contribution in [3.05, 3.63) is 11.7 Å². The molecule has 6 heteroatoms. The molecule has 2 unspecified atom stereocenters. The highest BCUT2D eigenvalue weighted by atomic mass is 32.2. The summed E-state index contributed by atoms with van der Waals surface area (Å²) in [5.41, 5.74) is 5.66. The summed E-state index contributed by atoms with van der Waals surface area (Å²) in [4.78, 5) is 4.48. The molecule has 0 aliphatic carbocycles. The lowest BCUT2D eigenvalue weighted by atomic mass is 9.94. The standard InChI is InChI=1S/C14H25N3O2S/c1-2-3-11(6-7-15)4-5-13-16-14(17-19-13)12-10-20-9-8-18-12/h11-12H,2-10,15H2,1H3. The first kappa shape index (κ1) is 15.8. The Morgan fingerprint density at radius 1 is 1.40 bits per heavy atom. The van der Waals surface area contributed by atoms with E-state index in [0.717, 1.165) is 49.8 Å². The van der Waals surface area contributed by atoms with Gasteiger partial charge in [0.15, 0.2) is 0 Å². The average Bonchev–Trinajstić information content (AvgIpc) is 2.95. The van der Waals surface area contributed by atoms with Gasteiger partial charge >= 0.3 is 0 Å². The second-order valence-corrected chi connectivity index (χ2v) is 6.40. The molecule has 0 aromatic carbocycles. The molecule has 2 atom stereocenters. The van der Waals surface area contributed by atoms with E-state index in [1.807, 2.05) is 11.8 Å². The first-order valence-electron chi connectivity index (χ1n) is 7.55. The number of hydrogen-bond donors (Lipinski definition) is 1. The predicted molar refractivity (Wildman–Crippen MR) is 80.7 cm³/mol. The van der Waals surface area contributed by atoms with Crippen molar-refractivity contribution in [2.45, 2.75) is 45.1 Å². The molecule has 1 fully saturated rings. The summed E-state index contributed by atoms with van der Waals surface area (Å²) in [5, 5.41) is 4.06. The fraction of sp³-hybridized carbons (Fsp3) is 0.857. The van der Waals surface area contributed by atoms with Crippen LogP contribution in [-0.4, -0.2) is 34.8 Å². The minimum absolute atomic E-state index is 0.00160. The third-order valence-electron chi connectivity index (χ3n) is 3.63. The lowest BCUT2D eigenvalue weighted by molar-refractivity contribution is 0.0677. The molecule has 20 heavy (non-hydrogen) atoms. The van der Waals surface area contributed by atoms with Crippen LogP contribution < -0.4 is 5.73 Å². The van der Waals surface area contributed by atoms with Gasteiger partial charge < -0.3 is 15.0 Å². The van der Waals surface area contributed by atoms with Crippen LogP contribution in [0.25, 0.3) is 0 Å². The van der Waals surface area contributed by atoms with Gasteiger partial charge in [-0.2, -0.15) is 16.7 Å². The smallest absolute Gasteiger partial charge is 0.226 e. The molecule has 2 N–H and O–H groups in total. The molecule has 2 heterocycles. The molecule has 1 saturated heterocycles. The van der Waals surface area contributed by atoms with E-state index in [-0.39, 0.29) is 6.10 Å². The maximum atomic E-state index is 5.66. The maximum absolute atomic E-state index is 5.66. The zero-order valence-corrected chi connectivity index (χ0v) is 13.0. The highest BCUT2D eigenvalue weighted by Gasteiger charge is 2.22. The average molecular weight is 299 g/mol. The van der Waals surface area contributed by atoms with E-state index in [4.69, 9.17) is 15.0 Å². The fourth-order valence-corrected chi connectivity index (χ4v) is 3.38. The van der Waals surface area contributed by atoms with Gasteiger partial charge in [-0.05, 0) is 25.3 Å². The second-order valence-electron chi connectivity index (χ2n) is 5.25. The largest absolute Gasteiger partial charge is 0.368 e. The van der Waals surface area contributed by atoms with E-state index in [0.29, 0.717) is 11.7 Å². The van der Waals surface area contributed by atoms with Crippen molar-refractivity contribution in [3.63, 3.8) is 0 Å². The minimum atomic E-state index is 0.00160.